The molecular formula is C14H20N2O. The summed E-state index contributed by atoms with van der Waals surface area (Å²) in [6.45, 7) is 4.02. The Morgan fingerprint density at radius 1 is 1.24 bits per heavy atom. The van der Waals surface area contributed by atoms with Crippen LogP contribution in [0.3, 0.4) is 0 Å². The van der Waals surface area contributed by atoms with Crippen molar-refractivity contribution in [2.24, 2.45) is 0 Å². The van der Waals surface area contributed by atoms with E-state index < -0.39 is 0 Å². The molecule has 0 unspecified atom stereocenters. The molecular weight excluding hydrogens is 212 g/mol. The van der Waals surface area contributed by atoms with E-state index in [1.54, 1.807) is 0 Å². The third-order valence-electron chi connectivity index (χ3n) is 3.38. The lowest BCUT2D eigenvalue weighted by Crippen LogP contribution is -2.26. The van der Waals surface area contributed by atoms with E-state index in [2.05, 4.69) is 34.5 Å². The molecule has 0 radical (unpaired) electrons. The minimum atomic E-state index is 0.746. The Balaban J connectivity index is 1.50. The molecule has 92 valence electrons. The highest BCUT2D eigenvalue weighted by atomic mass is 16.3. The lowest BCUT2D eigenvalue weighted by molar-refractivity contribution is 0.261. The second kappa shape index (κ2) is 5.07. The topological polar surface area (TPSA) is 28.4 Å². The molecule has 0 amide bonds. The first kappa shape index (κ1) is 11.1. The molecule has 0 atom stereocenters. The van der Waals surface area contributed by atoms with Crippen LogP contribution in [0.5, 0.6) is 0 Å². The molecule has 0 bridgehead atoms. The summed E-state index contributed by atoms with van der Waals surface area (Å²) in [7, 11) is 0. The Hall–Kier alpha value is -1.06. The molecule has 1 saturated carbocycles. The van der Waals surface area contributed by atoms with Crippen LogP contribution in [0.1, 0.15) is 30.8 Å². The summed E-state index contributed by atoms with van der Waals surface area (Å²) in [6, 6.07) is 4.96. The number of nitrogens with zero attached hydrogens (tertiary/aromatic N) is 1. The minimum absolute atomic E-state index is 0.746. The largest absolute Gasteiger partial charge is 0.463 e. The molecule has 3 rings (SSSR count). The van der Waals surface area contributed by atoms with Crippen LogP contribution in [0.4, 0.5) is 0 Å². The van der Waals surface area contributed by atoms with Crippen LogP contribution in [-0.4, -0.2) is 24.0 Å². The predicted octanol–water partition coefficient (Wildman–Crippen LogP) is 2.29. The quantitative estimate of drug-likeness (QED) is 0.790. The van der Waals surface area contributed by atoms with Crippen molar-refractivity contribution in [1.29, 1.82) is 0 Å². The van der Waals surface area contributed by atoms with Gasteiger partial charge < -0.3 is 9.73 Å². The van der Waals surface area contributed by atoms with Gasteiger partial charge in [0.05, 0.1) is 13.1 Å². The number of nitrogens with one attached hydrogen (secondary N) is 1. The fraction of sp³-hybridized carbons (Fsp3) is 0.571. The van der Waals surface area contributed by atoms with Gasteiger partial charge in [-0.1, -0.05) is 12.2 Å². The second-order valence-corrected chi connectivity index (χ2v) is 5.02. The van der Waals surface area contributed by atoms with Crippen molar-refractivity contribution in [3.05, 3.63) is 35.8 Å². The van der Waals surface area contributed by atoms with Gasteiger partial charge in [0.25, 0.3) is 0 Å². The molecule has 3 nitrogen and oxygen atoms in total. The van der Waals surface area contributed by atoms with Gasteiger partial charge in [-0.2, -0.15) is 0 Å². The fourth-order valence-electron chi connectivity index (χ4n) is 2.19. The second-order valence-electron chi connectivity index (χ2n) is 5.02. The van der Waals surface area contributed by atoms with Crippen molar-refractivity contribution < 1.29 is 4.42 Å². The van der Waals surface area contributed by atoms with Crippen LogP contribution < -0.4 is 5.32 Å². The maximum Gasteiger partial charge on any atom is 0.118 e. The first-order chi connectivity index (χ1) is 8.40. The van der Waals surface area contributed by atoms with Gasteiger partial charge in [-0.3, -0.25) is 4.90 Å². The zero-order valence-electron chi connectivity index (χ0n) is 10.2. The lowest BCUT2D eigenvalue weighted by Gasteiger charge is -2.21. The Morgan fingerprint density at radius 2 is 2.12 bits per heavy atom. The van der Waals surface area contributed by atoms with Crippen molar-refractivity contribution in [1.82, 2.24) is 10.2 Å². The van der Waals surface area contributed by atoms with Gasteiger partial charge in [0.1, 0.15) is 11.5 Å². The summed E-state index contributed by atoms with van der Waals surface area (Å²) < 4.78 is 5.84. The number of hydrogen-bond donors (Lipinski definition) is 1. The van der Waals surface area contributed by atoms with E-state index in [0.717, 1.165) is 50.2 Å². The molecule has 1 aliphatic carbocycles. The highest BCUT2D eigenvalue weighted by Gasteiger charge is 2.20. The van der Waals surface area contributed by atoms with Crippen molar-refractivity contribution in [3.8, 4) is 0 Å². The van der Waals surface area contributed by atoms with Gasteiger partial charge in [-0.05, 0) is 31.4 Å². The summed E-state index contributed by atoms with van der Waals surface area (Å²) in [5.74, 6) is 2.16. The molecule has 1 fully saturated rings. The van der Waals surface area contributed by atoms with Crippen molar-refractivity contribution in [2.45, 2.75) is 38.4 Å². The summed E-state index contributed by atoms with van der Waals surface area (Å²) >= 11 is 0. The van der Waals surface area contributed by atoms with Gasteiger partial charge in [-0.15, -0.1) is 0 Å². The lowest BCUT2D eigenvalue weighted by atomic mass is 10.2. The molecule has 1 aromatic rings. The van der Waals surface area contributed by atoms with Crippen LogP contribution >= 0.6 is 0 Å². The monoisotopic (exact) mass is 232 g/mol. The van der Waals surface area contributed by atoms with E-state index in [1.165, 1.54) is 12.8 Å². The first-order valence-corrected chi connectivity index (χ1v) is 6.58. The molecule has 0 saturated heterocycles. The third kappa shape index (κ3) is 3.20. The SMILES string of the molecule is C1=CCN(Cc2ccc(CNC3CC3)o2)CC1. The number of rotatable bonds is 5. The number of furan rings is 1. The van der Waals surface area contributed by atoms with E-state index in [9.17, 15) is 0 Å². The normalized spacial score (nSPS) is 20.9. The zero-order chi connectivity index (χ0) is 11.5. The maximum atomic E-state index is 5.84. The molecule has 3 heteroatoms. The molecule has 1 aromatic heterocycles. The van der Waals surface area contributed by atoms with Gasteiger partial charge in [0.2, 0.25) is 0 Å². The van der Waals surface area contributed by atoms with Gasteiger partial charge >= 0.3 is 0 Å². The molecule has 2 aliphatic rings. The average molecular weight is 232 g/mol. The first-order valence-electron chi connectivity index (χ1n) is 6.58. The van der Waals surface area contributed by atoms with Gasteiger partial charge in [-0.25, -0.2) is 0 Å². The molecule has 0 aromatic carbocycles. The zero-order valence-corrected chi connectivity index (χ0v) is 10.2. The van der Waals surface area contributed by atoms with E-state index >= 15 is 0 Å². The Labute approximate surface area is 102 Å². The molecule has 1 aliphatic heterocycles. The Bertz CT molecular complexity index is 393. The molecule has 2 heterocycles. The van der Waals surface area contributed by atoms with Crippen molar-refractivity contribution >= 4 is 0 Å². The smallest absolute Gasteiger partial charge is 0.118 e. The Kier molecular flexibility index (Phi) is 3.29. The standard InChI is InChI=1S/C14H20N2O/c1-2-8-16(9-3-1)11-14-7-6-13(17-14)10-15-12-4-5-12/h1-2,6-7,12,15H,3-5,8-11H2. The van der Waals surface area contributed by atoms with E-state index in [-0.39, 0.29) is 0 Å². The van der Waals surface area contributed by atoms with Crippen molar-refractivity contribution in [2.75, 3.05) is 13.1 Å². The van der Waals surface area contributed by atoms with E-state index in [4.69, 9.17) is 4.42 Å². The van der Waals surface area contributed by atoms with Crippen molar-refractivity contribution in [3.63, 3.8) is 0 Å². The third-order valence-corrected chi connectivity index (χ3v) is 3.38. The minimum Gasteiger partial charge on any atom is -0.463 e. The number of hydrogen-bond acceptors (Lipinski definition) is 3. The molecule has 0 spiro atoms. The maximum absolute atomic E-state index is 5.84. The van der Waals surface area contributed by atoms with Crippen LogP contribution in [0, 0.1) is 0 Å². The van der Waals surface area contributed by atoms with Gasteiger partial charge in [0, 0.05) is 19.1 Å². The van der Waals surface area contributed by atoms with Crippen LogP contribution in [0.2, 0.25) is 0 Å². The van der Waals surface area contributed by atoms with Gasteiger partial charge in [0.15, 0.2) is 0 Å². The summed E-state index contributed by atoms with van der Waals surface area (Å²) in [4.78, 5) is 2.41. The van der Waals surface area contributed by atoms with E-state index in [0.29, 0.717) is 0 Å². The fourth-order valence-corrected chi connectivity index (χ4v) is 2.19. The highest BCUT2D eigenvalue weighted by Crippen LogP contribution is 2.20. The molecule has 1 N–H and O–H groups in total. The summed E-state index contributed by atoms with van der Waals surface area (Å²) in [5.41, 5.74) is 0. The molecule has 17 heavy (non-hydrogen) atoms. The van der Waals surface area contributed by atoms with Crippen LogP contribution in [0.15, 0.2) is 28.7 Å². The average Bonchev–Trinajstić information content (AvgIpc) is 3.09. The Morgan fingerprint density at radius 3 is 2.88 bits per heavy atom. The summed E-state index contributed by atoms with van der Waals surface area (Å²) in [5, 5.41) is 3.47. The van der Waals surface area contributed by atoms with Crippen LogP contribution in [-0.2, 0) is 13.1 Å². The summed E-state index contributed by atoms with van der Waals surface area (Å²) in [6.07, 6.45) is 8.31. The van der Waals surface area contributed by atoms with E-state index in [1.807, 2.05) is 0 Å². The predicted molar refractivity (Wildman–Crippen MR) is 67.6 cm³/mol. The highest BCUT2D eigenvalue weighted by molar-refractivity contribution is 5.08. The van der Waals surface area contributed by atoms with Crippen LogP contribution in [0.25, 0.3) is 0 Å².